The molecule has 0 radical (unpaired) electrons. The number of aliphatic hydroxyl groups is 1. The number of halogens is 1. The monoisotopic (exact) mass is 159 g/mol. The van der Waals surface area contributed by atoms with Gasteiger partial charge in [-0.25, -0.2) is 9.67 Å². The fraction of sp³-hybridized carbons (Fsp3) is 0.667. The molecule has 0 aromatic carbocycles. The van der Waals surface area contributed by atoms with Gasteiger partial charge in [0.2, 0.25) is 0 Å². The Morgan fingerprint density at radius 1 is 1.64 bits per heavy atom. The van der Waals surface area contributed by atoms with Crippen molar-refractivity contribution in [3.63, 3.8) is 0 Å². The smallest absolute Gasteiger partial charge is 0.152 e. The minimum Gasteiger partial charge on any atom is -0.388 e. The van der Waals surface area contributed by atoms with E-state index in [1.165, 1.54) is 11.0 Å². The van der Waals surface area contributed by atoms with E-state index < -0.39 is 0 Å². The first-order chi connectivity index (χ1) is 5.38. The van der Waals surface area contributed by atoms with Gasteiger partial charge in [0.1, 0.15) is 12.9 Å². The molecule has 0 aliphatic rings. The summed E-state index contributed by atoms with van der Waals surface area (Å²) in [6.45, 7) is -0.0383. The minimum atomic E-state index is -0.370. The van der Waals surface area contributed by atoms with Crippen molar-refractivity contribution in [1.82, 2.24) is 14.8 Å². The maximum absolute atomic E-state index is 11.7. The molecule has 1 rings (SSSR count). The second kappa shape index (κ2) is 4.02. The molecule has 5 heteroatoms. The van der Waals surface area contributed by atoms with Crippen LogP contribution in [0.4, 0.5) is 4.39 Å². The van der Waals surface area contributed by atoms with E-state index in [1.807, 2.05) is 0 Å². The highest BCUT2D eigenvalue weighted by molar-refractivity contribution is 4.80. The lowest BCUT2D eigenvalue weighted by Crippen LogP contribution is -2.06. The van der Waals surface area contributed by atoms with Crippen molar-refractivity contribution in [2.75, 3.05) is 6.67 Å². The van der Waals surface area contributed by atoms with Gasteiger partial charge >= 0.3 is 0 Å². The van der Waals surface area contributed by atoms with Crippen LogP contribution in [0.15, 0.2) is 6.33 Å². The zero-order chi connectivity index (χ0) is 8.10. The van der Waals surface area contributed by atoms with Crippen molar-refractivity contribution in [1.29, 1.82) is 0 Å². The molecule has 0 atom stereocenters. The summed E-state index contributed by atoms with van der Waals surface area (Å²) in [4.78, 5) is 3.77. The number of hydrogen-bond donors (Lipinski definition) is 1. The molecule has 0 bridgehead atoms. The van der Waals surface area contributed by atoms with Crippen molar-refractivity contribution in [3.8, 4) is 0 Å². The van der Waals surface area contributed by atoms with Gasteiger partial charge < -0.3 is 5.11 Å². The van der Waals surface area contributed by atoms with Crippen LogP contribution >= 0.6 is 0 Å². The maximum Gasteiger partial charge on any atom is 0.152 e. The van der Waals surface area contributed by atoms with Gasteiger partial charge in [-0.2, -0.15) is 5.10 Å². The van der Waals surface area contributed by atoms with Gasteiger partial charge in [0.25, 0.3) is 0 Å². The first kappa shape index (κ1) is 8.13. The number of aliphatic hydroxyl groups excluding tert-OH is 1. The molecule has 0 unspecified atom stereocenters. The van der Waals surface area contributed by atoms with E-state index in [-0.39, 0.29) is 13.3 Å². The fourth-order valence-corrected chi connectivity index (χ4v) is 0.807. The summed E-state index contributed by atoms with van der Waals surface area (Å²) in [6.07, 6.45) is 1.76. The van der Waals surface area contributed by atoms with E-state index >= 15 is 0 Å². The lowest BCUT2D eigenvalue weighted by Gasteiger charge is -2.00. The largest absolute Gasteiger partial charge is 0.388 e. The van der Waals surface area contributed by atoms with Crippen LogP contribution in [-0.2, 0) is 13.2 Å². The molecular weight excluding hydrogens is 149 g/mol. The van der Waals surface area contributed by atoms with E-state index in [1.54, 1.807) is 0 Å². The molecular formula is C6H10FN3O. The Morgan fingerprint density at radius 2 is 2.45 bits per heavy atom. The normalized spacial score (nSPS) is 10.4. The Balaban J connectivity index is 2.54. The number of alkyl halides is 1. The molecule has 62 valence electrons. The lowest BCUT2D eigenvalue weighted by atomic mass is 10.4. The molecule has 4 nitrogen and oxygen atoms in total. The summed E-state index contributed by atoms with van der Waals surface area (Å²) >= 11 is 0. The zero-order valence-corrected chi connectivity index (χ0v) is 6.07. The summed E-state index contributed by atoms with van der Waals surface area (Å²) in [6, 6.07) is 0. The molecule has 0 spiro atoms. The van der Waals surface area contributed by atoms with Crippen LogP contribution in [0, 0.1) is 0 Å². The van der Waals surface area contributed by atoms with Crippen molar-refractivity contribution < 1.29 is 9.50 Å². The SMILES string of the molecule is OCc1ncnn1CCCF. The van der Waals surface area contributed by atoms with Crippen molar-refractivity contribution >= 4 is 0 Å². The number of aromatic nitrogens is 3. The number of nitrogens with zero attached hydrogens (tertiary/aromatic N) is 3. The van der Waals surface area contributed by atoms with Crippen molar-refractivity contribution in [2.24, 2.45) is 0 Å². The maximum atomic E-state index is 11.7. The van der Waals surface area contributed by atoms with Crippen LogP contribution in [0.3, 0.4) is 0 Å². The minimum absolute atomic E-state index is 0.147. The van der Waals surface area contributed by atoms with Crippen LogP contribution in [-0.4, -0.2) is 26.5 Å². The van der Waals surface area contributed by atoms with Crippen molar-refractivity contribution in [3.05, 3.63) is 12.2 Å². The van der Waals surface area contributed by atoms with Gasteiger partial charge in [-0.1, -0.05) is 0 Å². The summed E-state index contributed by atoms with van der Waals surface area (Å²) < 4.78 is 13.2. The molecule has 0 saturated carbocycles. The molecule has 0 saturated heterocycles. The number of hydrogen-bond acceptors (Lipinski definition) is 3. The van der Waals surface area contributed by atoms with E-state index in [0.717, 1.165) is 0 Å². The Hall–Kier alpha value is -0.970. The second-order valence-electron chi connectivity index (χ2n) is 2.10. The van der Waals surface area contributed by atoms with Gasteiger partial charge in [0, 0.05) is 6.54 Å². The second-order valence-corrected chi connectivity index (χ2v) is 2.10. The molecule has 0 aliphatic heterocycles. The molecule has 0 aliphatic carbocycles. The van der Waals surface area contributed by atoms with Gasteiger partial charge in [-0.15, -0.1) is 0 Å². The van der Waals surface area contributed by atoms with Gasteiger partial charge in [-0.3, -0.25) is 4.39 Å². The Labute approximate surface area is 63.7 Å². The third-order valence-electron chi connectivity index (χ3n) is 1.34. The Morgan fingerprint density at radius 3 is 3.09 bits per heavy atom. The quantitative estimate of drug-likeness (QED) is 0.679. The standard InChI is InChI=1S/C6H10FN3O/c7-2-1-3-10-6(4-11)8-5-9-10/h5,11H,1-4H2. The van der Waals surface area contributed by atoms with Crippen molar-refractivity contribution in [2.45, 2.75) is 19.6 Å². The summed E-state index contributed by atoms with van der Waals surface area (Å²) in [5.41, 5.74) is 0. The number of rotatable bonds is 4. The molecule has 11 heavy (non-hydrogen) atoms. The van der Waals surface area contributed by atoms with Crippen LogP contribution in [0.25, 0.3) is 0 Å². The molecule has 0 amide bonds. The molecule has 1 aromatic rings. The van der Waals surface area contributed by atoms with E-state index in [0.29, 0.717) is 18.8 Å². The highest BCUT2D eigenvalue weighted by Crippen LogP contribution is 1.95. The van der Waals surface area contributed by atoms with Gasteiger partial charge in [0.05, 0.1) is 6.67 Å². The average molecular weight is 159 g/mol. The van der Waals surface area contributed by atoms with E-state index in [9.17, 15) is 4.39 Å². The molecule has 1 N–H and O–H groups in total. The first-order valence-electron chi connectivity index (χ1n) is 3.42. The van der Waals surface area contributed by atoms with Gasteiger partial charge in [-0.05, 0) is 6.42 Å². The molecule has 0 fully saturated rings. The summed E-state index contributed by atoms with van der Waals surface area (Å²) in [7, 11) is 0. The first-order valence-corrected chi connectivity index (χ1v) is 3.42. The van der Waals surface area contributed by atoms with Crippen LogP contribution in [0.2, 0.25) is 0 Å². The highest BCUT2D eigenvalue weighted by atomic mass is 19.1. The summed E-state index contributed by atoms with van der Waals surface area (Å²) in [5.74, 6) is 0.485. The lowest BCUT2D eigenvalue weighted by molar-refractivity contribution is 0.261. The number of aryl methyl sites for hydroxylation is 1. The topological polar surface area (TPSA) is 50.9 Å². The Bertz CT molecular complexity index is 213. The summed E-state index contributed by atoms with van der Waals surface area (Å²) in [5, 5.41) is 12.5. The Kier molecular flexibility index (Phi) is 2.97. The molecule has 1 aromatic heterocycles. The van der Waals surface area contributed by atoms with E-state index in [2.05, 4.69) is 10.1 Å². The average Bonchev–Trinajstić information content (AvgIpc) is 2.47. The van der Waals surface area contributed by atoms with Gasteiger partial charge in [0.15, 0.2) is 5.82 Å². The zero-order valence-electron chi connectivity index (χ0n) is 6.07. The molecule has 1 heterocycles. The van der Waals surface area contributed by atoms with Crippen LogP contribution in [0.1, 0.15) is 12.2 Å². The fourth-order valence-electron chi connectivity index (χ4n) is 0.807. The third kappa shape index (κ3) is 1.98. The van der Waals surface area contributed by atoms with Crippen LogP contribution < -0.4 is 0 Å². The van der Waals surface area contributed by atoms with Crippen LogP contribution in [0.5, 0.6) is 0 Å². The predicted molar refractivity (Wildman–Crippen MR) is 36.5 cm³/mol. The van der Waals surface area contributed by atoms with E-state index in [4.69, 9.17) is 5.11 Å². The highest BCUT2D eigenvalue weighted by Gasteiger charge is 2.00. The predicted octanol–water partition coefficient (Wildman–Crippen LogP) is 0.130. The third-order valence-corrected chi connectivity index (χ3v) is 1.34.